The molecule has 5 atom stereocenters. The fourth-order valence-electron chi connectivity index (χ4n) is 5.06. The molecule has 2 bridgehead atoms. The number of halogens is 1. The van der Waals surface area contributed by atoms with Gasteiger partial charge in [0.2, 0.25) is 17.7 Å². The zero-order valence-electron chi connectivity index (χ0n) is 14.6. The molecule has 142 valence electrons. The van der Waals surface area contributed by atoms with Crippen molar-refractivity contribution in [2.24, 2.45) is 17.6 Å². The molecule has 2 N–H and O–H groups in total. The first-order valence-electron chi connectivity index (χ1n) is 9.15. The van der Waals surface area contributed by atoms with Crippen molar-refractivity contribution in [3.05, 3.63) is 11.7 Å². The van der Waals surface area contributed by atoms with Crippen LogP contribution in [0.15, 0.2) is 4.52 Å². The highest BCUT2D eigenvalue weighted by atomic mass is 35.5. The number of rotatable bonds is 3. The standard InChI is InChI=1S/C17H22N4O4.ClH/c1-8(13-19-16(20-25-13)17(18)6-2-3-7-17)21-14(22)11-9-4-5-10(24-9)12(11)15(21)23;/h8-12H,2-7,18H2,1H3;1H. The van der Waals surface area contributed by atoms with E-state index in [1.807, 2.05) is 0 Å². The third-order valence-electron chi connectivity index (χ3n) is 6.45. The molecule has 0 spiro atoms. The van der Waals surface area contributed by atoms with Gasteiger partial charge in [-0.05, 0) is 32.6 Å². The van der Waals surface area contributed by atoms with E-state index in [1.54, 1.807) is 6.92 Å². The average molecular weight is 383 g/mol. The van der Waals surface area contributed by atoms with Crippen molar-refractivity contribution in [1.29, 1.82) is 0 Å². The molecule has 0 aromatic carbocycles. The van der Waals surface area contributed by atoms with Crippen LogP contribution in [0.2, 0.25) is 0 Å². The summed E-state index contributed by atoms with van der Waals surface area (Å²) in [5, 5.41) is 4.04. The van der Waals surface area contributed by atoms with E-state index in [4.69, 9.17) is 15.0 Å². The van der Waals surface area contributed by atoms with E-state index in [-0.39, 0.29) is 54.2 Å². The fraction of sp³-hybridized carbons (Fsp3) is 0.765. The number of carbonyl (C=O) groups excluding carboxylic acids is 2. The summed E-state index contributed by atoms with van der Waals surface area (Å²) in [6, 6.07) is -0.573. The third kappa shape index (κ3) is 2.28. The van der Waals surface area contributed by atoms with Crippen LogP contribution in [0.3, 0.4) is 0 Å². The molecule has 1 aliphatic carbocycles. The van der Waals surface area contributed by atoms with E-state index in [1.165, 1.54) is 4.90 Å². The van der Waals surface area contributed by atoms with E-state index in [0.717, 1.165) is 38.5 Å². The predicted molar refractivity (Wildman–Crippen MR) is 91.0 cm³/mol. The van der Waals surface area contributed by atoms with Crippen LogP contribution in [-0.2, 0) is 19.9 Å². The summed E-state index contributed by atoms with van der Waals surface area (Å²) in [4.78, 5) is 31.4. The molecule has 1 saturated carbocycles. The van der Waals surface area contributed by atoms with Gasteiger partial charge in [0.25, 0.3) is 0 Å². The van der Waals surface area contributed by atoms with Crippen LogP contribution in [0.1, 0.15) is 63.2 Å². The van der Waals surface area contributed by atoms with Crippen LogP contribution in [0.25, 0.3) is 0 Å². The van der Waals surface area contributed by atoms with Crippen LogP contribution in [0.5, 0.6) is 0 Å². The minimum atomic E-state index is -0.573. The Morgan fingerprint density at radius 3 is 2.31 bits per heavy atom. The quantitative estimate of drug-likeness (QED) is 0.787. The molecular weight excluding hydrogens is 360 g/mol. The smallest absolute Gasteiger partial charge is 0.249 e. The first kappa shape index (κ1) is 17.9. The minimum Gasteiger partial charge on any atom is -0.373 e. The van der Waals surface area contributed by atoms with Crippen LogP contribution in [0.4, 0.5) is 0 Å². The van der Waals surface area contributed by atoms with Crippen LogP contribution in [0, 0.1) is 11.8 Å². The highest BCUT2D eigenvalue weighted by Gasteiger charge is 2.63. The molecule has 26 heavy (non-hydrogen) atoms. The zero-order chi connectivity index (χ0) is 17.3. The molecule has 1 aromatic rings. The lowest BCUT2D eigenvalue weighted by atomic mass is 9.81. The van der Waals surface area contributed by atoms with Gasteiger partial charge in [-0.25, -0.2) is 0 Å². The Morgan fingerprint density at radius 2 is 1.73 bits per heavy atom. The second kappa shape index (κ2) is 6.00. The molecule has 3 aliphatic heterocycles. The Hall–Kier alpha value is -1.51. The first-order chi connectivity index (χ1) is 12.0. The summed E-state index contributed by atoms with van der Waals surface area (Å²) in [5.74, 6) is -0.259. The fourth-order valence-corrected chi connectivity index (χ4v) is 5.06. The van der Waals surface area contributed by atoms with Gasteiger partial charge in [-0.15, -0.1) is 12.4 Å². The van der Waals surface area contributed by atoms with Gasteiger partial charge in [-0.3, -0.25) is 14.5 Å². The largest absolute Gasteiger partial charge is 0.373 e. The van der Waals surface area contributed by atoms with Gasteiger partial charge < -0.3 is 15.0 Å². The molecule has 8 nitrogen and oxygen atoms in total. The number of nitrogens with two attached hydrogens (primary N) is 1. The highest BCUT2D eigenvalue weighted by Crippen LogP contribution is 2.50. The average Bonchev–Trinajstić information content (AvgIpc) is 3.36. The van der Waals surface area contributed by atoms with Gasteiger partial charge in [0.05, 0.1) is 29.6 Å². The number of ether oxygens (including phenoxy) is 1. The number of hydrogen-bond donors (Lipinski definition) is 1. The SMILES string of the molecule is CC(c1nc(C2(N)CCCC2)no1)N1C(=O)C2C3CCC(O3)C2C1=O.Cl. The van der Waals surface area contributed by atoms with Crippen molar-refractivity contribution >= 4 is 24.2 Å². The van der Waals surface area contributed by atoms with Crippen LogP contribution in [-0.4, -0.2) is 39.1 Å². The molecule has 1 aromatic heterocycles. The Morgan fingerprint density at radius 1 is 1.15 bits per heavy atom. The number of nitrogens with zero attached hydrogens (tertiary/aromatic N) is 3. The molecule has 5 unspecified atom stereocenters. The molecule has 4 fully saturated rings. The molecule has 0 radical (unpaired) electrons. The maximum atomic E-state index is 12.8. The van der Waals surface area contributed by atoms with Gasteiger partial charge in [0.1, 0.15) is 6.04 Å². The van der Waals surface area contributed by atoms with Gasteiger partial charge in [0.15, 0.2) is 5.82 Å². The number of carbonyl (C=O) groups is 2. The van der Waals surface area contributed by atoms with Gasteiger partial charge in [-0.2, -0.15) is 4.98 Å². The zero-order valence-corrected chi connectivity index (χ0v) is 15.4. The van der Waals surface area contributed by atoms with Crippen molar-refractivity contribution in [3.8, 4) is 0 Å². The van der Waals surface area contributed by atoms with Crippen molar-refractivity contribution in [2.45, 2.75) is 69.2 Å². The lowest BCUT2D eigenvalue weighted by molar-refractivity contribution is -0.145. The van der Waals surface area contributed by atoms with Crippen molar-refractivity contribution in [1.82, 2.24) is 15.0 Å². The Labute approximate surface area is 157 Å². The first-order valence-corrected chi connectivity index (χ1v) is 9.15. The highest BCUT2D eigenvalue weighted by molar-refractivity contribution is 6.06. The summed E-state index contributed by atoms with van der Waals surface area (Å²) in [7, 11) is 0. The molecule has 2 amide bonds. The number of amides is 2. The van der Waals surface area contributed by atoms with E-state index in [2.05, 4.69) is 10.1 Å². The summed E-state index contributed by atoms with van der Waals surface area (Å²) in [6.45, 7) is 1.76. The Bertz CT molecular complexity index is 719. The third-order valence-corrected chi connectivity index (χ3v) is 6.45. The number of likely N-dealkylation sites (tertiary alicyclic amines) is 1. The molecular formula is C17H23ClN4O4. The molecule has 3 saturated heterocycles. The predicted octanol–water partition coefficient (Wildman–Crippen LogP) is 1.44. The monoisotopic (exact) mass is 382 g/mol. The topological polar surface area (TPSA) is 112 Å². The Balaban J connectivity index is 0.00000168. The summed E-state index contributed by atoms with van der Waals surface area (Å²) in [5.41, 5.74) is 5.82. The second-order valence-electron chi connectivity index (χ2n) is 7.88. The lowest BCUT2D eigenvalue weighted by Gasteiger charge is -2.22. The van der Waals surface area contributed by atoms with Crippen molar-refractivity contribution in [2.75, 3.05) is 0 Å². The van der Waals surface area contributed by atoms with E-state index >= 15 is 0 Å². The van der Waals surface area contributed by atoms with E-state index in [9.17, 15) is 9.59 Å². The van der Waals surface area contributed by atoms with Gasteiger partial charge in [0, 0.05) is 0 Å². The minimum absolute atomic E-state index is 0. The number of fused-ring (bicyclic) bond motifs is 5. The van der Waals surface area contributed by atoms with Crippen LogP contribution < -0.4 is 5.73 Å². The number of hydrogen-bond acceptors (Lipinski definition) is 7. The summed E-state index contributed by atoms with van der Waals surface area (Å²) < 4.78 is 11.1. The second-order valence-corrected chi connectivity index (χ2v) is 7.88. The molecule has 9 heteroatoms. The molecule has 4 aliphatic rings. The molecule has 4 heterocycles. The van der Waals surface area contributed by atoms with Gasteiger partial charge >= 0.3 is 0 Å². The maximum Gasteiger partial charge on any atom is 0.249 e. The number of aromatic nitrogens is 2. The Kier molecular flexibility index (Phi) is 4.13. The van der Waals surface area contributed by atoms with Crippen LogP contribution >= 0.6 is 12.4 Å². The number of imide groups is 1. The van der Waals surface area contributed by atoms with E-state index in [0.29, 0.717) is 5.82 Å². The van der Waals surface area contributed by atoms with Crippen molar-refractivity contribution < 1.29 is 18.8 Å². The van der Waals surface area contributed by atoms with E-state index < -0.39 is 11.6 Å². The normalized spacial score (nSPS) is 35.7. The van der Waals surface area contributed by atoms with Gasteiger partial charge in [-0.1, -0.05) is 18.0 Å². The maximum absolute atomic E-state index is 12.8. The lowest BCUT2D eigenvalue weighted by Crippen LogP contribution is -2.37. The summed E-state index contributed by atoms with van der Waals surface area (Å²) >= 11 is 0. The summed E-state index contributed by atoms with van der Waals surface area (Å²) in [6.07, 6.45) is 5.22. The molecule has 5 rings (SSSR count). The van der Waals surface area contributed by atoms with Crippen molar-refractivity contribution in [3.63, 3.8) is 0 Å².